The number of ether oxygens (including phenoxy) is 5. The van der Waals surface area contributed by atoms with Crippen LogP contribution in [0.25, 0.3) is 22.3 Å². The third-order valence-electron chi connectivity index (χ3n) is 7.31. The second-order valence-electron chi connectivity index (χ2n) is 9.83. The van der Waals surface area contributed by atoms with E-state index < -0.39 is 0 Å². The fourth-order valence-corrected chi connectivity index (χ4v) is 4.92. The van der Waals surface area contributed by atoms with Crippen LogP contribution in [-0.4, -0.2) is 94.5 Å². The Balaban J connectivity index is 1.56. The highest BCUT2D eigenvalue weighted by atomic mass is 16.5. The zero-order valence-corrected chi connectivity index (χ0v) is 24.7. The Kier molecular flexibility index (Phi) is 8.48. The van der Waals surface area contributed by atoms with Crippen LogP contribution >= 0.6 is 0 Å². The third kappa shape index (κ3) is 5.68. The number of amides is 1. The van der Waals surface area contributed by atoms with Crippen LogP contribution < -0.4 is 29.0 Å². The summed E-state index contributed by atoms with van der Waals surface area (Å²) in [5, 5.41) is 4.11. The van der Waals surface area contributed by atoms with E-state index in [0.29, 0.717) is 75.6 Å². The van der Waals surface area contributed by atoms with Gasteiger partial charge in [-0.25, -0.2) is 9.97 Å². The highest BCUT2D eigenvalue weighted by molar-refractivity contribution is 5.96. The minimum absolute atomic E-state index is 0.0238. The highest BCUT2D eigenvalue weighted by Crippen LogP contribution is 2.42. The number of anilines is 2. The molecule has 0 saturated carbocycles. The Morgan fingerprint density at radius 2 is 1.33 bits per heavy atom. The van der Waals surface area contributed by atoms with E-state index in [4.69, 9.17) is 33.7 Å². The Bertz CT molecular complexity index is 1560. The number of hydrogen-bond acceptors (Lipinski definition) is 10. The molecule has 5 rings (SSSR count). The van der Waals surface area contributed by atoms with Gasteiger partial charge in [-0.3, -0.25) is 4.79 Å². The van der Waals surface area contributed by atoms with E-state index in [2.05, 4.69) is 17.3 Å². The monoisotopic (exact) mass is 573 g/mol. The number of carbonyl (C=O) groups excluding carboxylic acids is 1. The van der Waals surface area contributed by atoms with Crippen molar-refractivity contribution in [2.75, 3.05) is 74.1 Å². The largest absolute Gasteiger partial charge is 0.493 e. The van der Waals surface area contributed by atoms with Gasteiger partial charge in [-0.15, -0.1) is 0 Å². The molecule has 0 aliphatic carbocycles. The molecule has 220 valence electrons. The zero-order chi connectivity index (χ0) is 29.8. The van der Waals surface area contributed by atoms with Crippen LogP contribution in [0.5, 0.6) is 28.7 Å². The number of hydrogen-bond donors (Lipinski definition) is 1. The van der Waals surface area contributed by atoms with Crippen LogP contribution in [0.4, 0.5) is 11.5 Å². The number of aromatic nitrogens is 2. The number of rotatable bonds is 9. The molecule has 4 aromatic rings. The Hall–Kier alpha value is -4.77. The lowest BCUT2D eigenvalue weighted by atomic mass is 10.1. The van der Waals surface area contributed by atoms with Crippen LogP contribution in [0, 0.1) is 0 Å². The first-order valence-electron chi connectivity index (χ1n) is 13.5. The second-order valence-corrected chi connectivity index (χ2v) is 9.83. The first kappa shape index (κ1) is 28.7. The molecule has 1 amide bonds. The summed E-state index contributed by atoms with van der Waals surface area (Å²) in [5.74, 6) is 3.59. The molecule has 1 aromatic heterocycles. The molecule has 0 bridgehead atoms. The molecule has 0 spiro atoms. The maximum absolute atomic E-state index is 13.1. The van der Waals surface area contributed by atoms with Gasteiger partial charge in [0.05, 0.1) is 41.1 Å². The van der Waals surface area contributed by atoms with E-state index in [9.17, 15) is 4.79 Å². The van der Waals surface area contributed by atoms with E-state index >= 15 is 0 Å². The molecule has 1 N–H and O–H groups in total. The number of methoxy groups -OCH3 is 5. The second kappa shape index (κ2) is 12.4. The van der Waals surface area contributed by atoms with Crippen molar-refractivity contribution in [3.8, 4) is 40.1 Å². The van der Waals surface area contributed by atoms with Gasteiger partial charge in [0.2, 0.25) is 5.75 Å². The molecular formula is C31H35N5O6. The van der Waals surface area contributed by atoms with Crippen LogP contribution in [0.15, 0.2) is 48.5 Å². The van der Waals surface area contributed by atoms with Crippen molar-refractivity contribution in [2.24, 2.45) is 0 Å². The van der Waals surface area contributed by atoms with E-state index in [-0.39, 0.29) is 5.91 Å². The fourth-order valence-electron chi connectivity index (χ4n) is 4.92. The van der Waals surface area contributed by atoms with Gasteiger partial charge in [-0.2, -0.15) is 0 Å². The van der Waals surface area contributed by atoms with Gasteiger partial charge in [-0.05, 0) is 25.2 Å². The van der Waals surface area contributed by atoms with E-state index in [1.54, 1.807) is 47.7 Å². The van der Waals surface area contributed by atoms with Crippen LogP contribution in [0.3, 0.4) is 0 Å². The molecule has 1 fully saturated rings. The predicted molar refractivity (Wildman–Crippen MR) is 161 cm³/mol. The van der Waals surface area contributed by atoms with Crippen molar-refractivity contribution in [3.05, 3.63) is 54.1 Å². The van der Waals surface area contributed by atoms with Gasteiger partial charge in [0, 0.05) is 66.6 Å². The maximum atomic E-state index is 13.1. The van der Waals surface area contributed by atoms with Gasteiger partial charge in [0.25, 0.3) is 5.91 Å². The van der Waals surface area contributed by atoms with Crippen molar-refractivity contribution in [1.82, 2.24) is 19.8 Å². The topological polar surface area (TPSA) is 108 Å². The number of piperazine rings is 1. The lowest BCUT2D eigenvalue weighted by Gasteiger charge is -2.32. The summed E-state index contributed by atoms with van der Waals surface area (Å²) in [5.41, 5.74) is 2.70. The summed E-state index contributed by atoms with van der Waals surface area (Å²) < 4.78 is 27.6. The quantitative estimate of drug-likeness (QED) is 0.308. The molecule has 11 nitrogen and oxygen atoms in total. The van der Waals surface area contributed by atoms with Crippen molar-refractivity contribution in [3.63, 3.8) is 0 Å². The minimum Gasteiger partial charge on any atom is -0.493 e. The highest BCUT2D eigenvalue weighted by Gasteiger charge is 2.21. The first-order chi connectivity index (χ1) is 20.4. The van der Waals surface area contributed by atoms with Gasteiger partial charge in [-0.1, -0.05) is 12.1 Å². The summed E-state index contributed by atoms with van der Waals surface area (Å²) in [6, 6.07) is 14.6. The number of likely N-dealkylation sites (N-methyl/N-ethyl adjacent to an activating group) is 1. The van der Waals surface area contributed by atoms with Crippen molar-refractivity contribution < 1.29 is 28.5 Å². The molecule has 42 heavy (non-hydrogen) atoms. The molecule has 3 aromatic carbocycles. The zero-order valence-electron chi connectivity index (χ0n) is 24.7. The number of benzene rings is 3. The lowest BCUT2D eigenvalue weighted by molar-refractivity contribution is 0.0664. The Morgan fingerprint density at radius 1 is 0.738 bits per heavy atom. The number of nitrogens with zero attached hydrogens (tertiary/aromatic N) is 4. The molecule has 0 atom stereocenters. The van der Waals surface area contributed by atoms with Crippen molar-refractivity contribution >= 4 is 28.3 Å². The molecular weight excluding hydrogens is 538 g/mol. The summed E-state index contributed by atoms with van der Waals surface area (Å²) in [7, 11) is 9.91. The summed E-state index contributed by atoms with van der Waals surface area (Å²) in [6.45, 7) is 3.16. The summed E-state index contributed by atoms with van der Waals surface area (Å²) in [4.78, 5) is 26.9. The SMILES string of the molecule is COc1cc2nc(-c3ccc(C(=O)N4CCN(C)CC4)cc3)nc(Nc3cc(OC)c(OC)c(OC)c3)c2cc1OC. The van der Waals surface area contributed by atoms with Crippen molar-refractivity contribution in [2.45, 2.75) is 0 Å². The Morgan fingerprint density at radius 3 is 1.90 bits per heavy atom. The van der Waals surface area contributed by atoms with E-state index in [1.807, 2.05) is 41.3 Å². The average molecular weight is 574 g/mol. The summed E-state index contributed by atoms with van der Waals surface area (Å²) >= 11 is 0. The standard InChI is InChI=1S/C31H35N5O6/c1-35-11-13-36(14-12-35)31(37)20-9-7-19(8-10-20)29-33-23-18-25(39-3)24(38-2)17-22(23)30(34-29)32-21-15-26(40-4)28(42-6)27(16-21)41-5/h7-10,15-18H,11-14H2,1-6H3,(H,32,33,34). The van der Waals surface area contributed by atoms with Gasteiger partial charge in [0.1, 0.15) is 5.82 Å². The van der Waals surface area contributed by atoms with E-state index in [1.165, 1.54) is 0 Å². The van der Waals surface area contributed by atoms with Crippen LogP contribution in [-0.2, 0) is 0 Å². The van der Waals surface area contributed by atoms with Crippen LogP contribution in [0.1, 0.15) is 10.4 Å². The third-order valence-corrected chi connectivity index (χ3v) is 7.31. The molecule has 0 radical (unpaired) electrons. The molecule has 1 aliphatic heterocycles. The average Bonchev–Trinajstić information content (AvgIpc) is 3.03. The minimum atomic E-state index is 0.0238. The molecule has 11 heteroatoms. The molecule has 0 unspecified atom stereocenters. The predicted octanol–water partition coefficient (Wildman–Crippen LogP) is 4.47. The lowest BCUT2D eigenvalue weighted by Crippen LogP contribution is -2.47. The van der Waals surface area contributed by atoms with Crippen molar-refractivity contribution in [1.29, 1.82) is 0 Å². The Labute approximate surface area is 244 Å². The first-order valence-corrected chi connectivity index (χ1v) is 13.5. The normalized spacial score (nSPS) is 13.5. The van der Waals surface area contributed by atoms with Gasteiger partial charge in [0.15, 0.2) is 28.8 Å². The van der Waals surface area contributed by atoms with Crippen LogP contribution in [0.2, 0.25) is 0 Å². The maximum Gasteiger partial charge on any atom is 0.253 e. The molecule has 1 aliphatic rings. The smallest absolute Gasteiger partial charge is 0.253 e. The molecule has 1 saturated heterocycles. The van der Waals surface area contributed by atoms with Gasteiger partial charge < -0.3 is 38.8 Å². The summed E-state index contributed by atoms with van der Waals surface area (Å²) in [6.07, 6.45) is 0. The van der Waals surface area contributed by atoms with E-state index in [0.717, 1.165) is 18.7 Å². The number of fused-ring (bicyclic) bond motifs is 1. The number of nitrogens with one attached hydrogen (secondary N) is 1. The molecule has 2 heterocycles. The number of carbonyl (C=O) groups is 1. The fraction of sp³-hybridized carbons (Fsp3) is 0.323. The van der Waals surface area contributed by atoms with Gasteiger partial charge >= 0.3 is 0 Å².